The van der Waals surface area contributed by atoms with Crippen LogP contribution in [-0.4, -0.2) is 58.8 Å². The van der Waals surface area contributed by atoms with E-state index in [2.05, 4.69) is 5.32 Å². The van der Waals surface area contributed by atoms with Crippen molar-refractivity contribution in [1.82, 2.24) is 10.2 Å². The Morgan fingerprint density at radius 2 is 2.12 bits per heavy atom. The van der Waals surface area contributed by atoms with Crippen LogP contribution in [0.1, 0.15) is 43.5 Å². The van der Waals surface area contributed by atoms with Crippen molar-refractivity contribution < 1.29 is 19.4 Å². The summed E-state index contributed by atoms with van der Waals surface area (Å²) in [5.41, 5.74) is -0.707. The van der Waals surface area contributed by atoms with Crippen molar-refractivity contribution in [1.29, 1.82) is 0 Å². The van der Waals surface area contributed by atoms with Gasteiger partial charge in [0.15, 0.2) is 0 Å². The van der Waals surface area contributed by atoms with Crippen LogP contribution in [0.2, 0.25) is 0 Å². The zero-order chi connectivity index (χ0) is 17.4. The monoisotopic (exact) mass is 352 g/mol. The third kappa shape index (κ3) is 3.48. The van der Waals surface area contributed by atoms with Crippen LogP contribution in [0.3, 0.4) is 0 Å². The number of carbonyl (C=O) groups is 2. The Morgan fingerprint density at radius 3 is 2.71 bits per heavy atom. The summed E-state index contributed by atoms with van der Waals surface area (Å²) in [7, 11) is 0. The van der Waals surface area contributed by atoms with Crippen molar-refractivity contribution in [2.75, 3.05) is 19.7 Å². The van der Waals surface area contributed by atoms with Gasteiger partial charge in [-0.1, -0.05) is 0 Å². The van der Waals surface area contributed by atoms with Gasteiger partial charge < -0.3 is 20.1 Å². The number of rotatable bonds is 2. The Morgan fingerprint density at radius 1 is 1.42 bits per heavy atom. The lowest BCUT2D eigenvalue weighted by atomic mass is 9.77. The standard InChI is InChI=1S/C17H24N2O4S/c1-12(20)18-14-9-17(23-11-16(14,2)22)4-6-19(7-5-17)15(21)13-3-8-24-10-13/h3,8,10,14,22H,4-7,9,11H2,1-2H3,(H,18,20)/t14-,16-/m0/s1. The highest BCUT2D eigenvalue weighted by Crippen LogP contribution is 2.38. The van der Waals surface area contributed by atoms with Crippen molar-refractivity contribution in [3.63, 3.8) is 0 Å². The molecule has 0 aliphatic carbocycles. The fourth-order valence-electron chi connectivity index (χ4n) is 3.54. The Hall–Kier alpha value is -1.44. The van der Waals surface area contributed by atoms with Gasteiger partial charge in [0.2, 0.25) is 5.91 Å². The first-order chi connectivity index (χ1) is 11.3. The molecule has 0 unspecified atom stereocenters. The lowest BCUT2D eigenvalue weighted by Crippen LogP contribution is -2.63. The van der Waals surface area contributed by atoms with E-state index in [1.54, 1.807) is 6.92 Å². The normalized spacial score (nSPS) is 29.5. The summed E-state index contributed by atoms with van der Waals surface area (Å²) in [6.45, 7) is 4.60. The highest BCUT2D eigenvalue weighted by atomic mass is 32.1. The van der Waals surface area contributed by atoms with Crippen LogP contribution < -0.4 is 5.32 Å². The van der Waals surface area contributed by atoms with E-state index in [-0.39, 0.29) is 30.1 Å². The Labute approximate surface area is 145 Å². The van der Waals surface area contributed by atoms with Crippen molar-refractivity contribution in [2.24, 2.45) is 0 Å². The summed E-state index contributed by atoms with van der Waals surface area (Å²) in [6.07, 6.45) is 2.00. The SMILES string of the molecule is CC(=O)N[C@H]1CC2(CCN(C(=O)c3ccsc3)CC2)OC[C@]1(C)O. The molecule has 6 nitrogen and oxygen atoms in total. The summed E-state index contributed by atoms with van der Waals surface area (Å²) in [6, 6.07) is 1.52. The van der Waals surface area contributed by atoms with Crippen LogP contribution in [0, 0.1) is 0 Å². The smallest absolute Gasteiger partial charge is 0.254 e. The Bertz CT molecular complexity index is 606. The van der Waals surface area contributed by atoms with Crippen LogP contribution in [0.4, 0.5) is 0 Å². The fraction of sp³-hybridized carbons (Fsp3) is 0.647. The molecule has 7 heteroatoms. The summed E-state index contributed by atoms with van der Waals surface area (Å²) in [5, 5.41) is 17.1. The number of nitrogens with zero attached hydrogens (tertiary/aromatic N) is 1. The third-order valence-corrected chi connectivity index (χ3v) is 5.79. The second kappa shape index (κ2) is 6.46. The predicted octanol–water partition coefficient (Wildman–Crippen LogP) is 1.40. The number of aliphatic hydroxyl groups is 1. The molecule has 2 N–H and O–H groups in total. The van der Waals surface area contributed by atoms with E-state index >= 15 is 0 Å². The molecule has 24 heavy (non-hydrogen) atoms. The number of ether oxygens (including phenoxy) is 1. The average Bonchev–Trinajstić information content (AvgIpc) is 3.06. The van der Waals surface area contributed by atoms with Crippen LogP contribution in [-0.2, 0) is 9.53 Å². The Balaban J connectivity index is 1.64. The van der Waals surface area contributed by atoms with Gasteiger partial charge in [0, 0.05) is 25.4 Å². The predicted molar refractivity (Wildman–Crippen MR) is 91.0 cm³/mol. The van der Waals surface area contributed by atoms with Gasteiger partial charge >= 0.3 is 0 Å². The molecule has 2 saturated heterocycles. The van der Waals surface area contributed by atoms with Crippen LogP contribution >= 0.6 is 11.3 Å². The molecule has 2 fully saturated rings. The first-order valence-corrected chi connectivity index (χ1v) is 9.21. The molecular formula is C17H24N2O4S. The maximum absolute atomic E-state index is 12.4. The second-order valence-electron chi connectivity index (χ2n) is 7.09. The topological polar surface area (TPSA) is 78.9 Å². The van der Waals surface area contributed by atoms with Crippen LogP contribution in [0.5, 0.6) is 0 Å². The zero-order valence-corrected chi connectivity index (χ0v) is 14.9. The van der Waals surface area contributed by atoms with Gasteiger partial charge in [-0.25, -0.2) is 0 Å². The van der Waals surface area contributed by atoms with Gasteiger partial charge in [-0.15, -0.1) is 0 Å². The van der Waals surface area contributed by atoms with E-state index in [9.17, 15) is 14.7 Å². The first-order valence-electron chi connectivity index (χ1n) is 8.26. The molecular weight excluding hydrogens is 328 g/mol. The van der Waals surface area contributed by atoms with Crippen molar-refractivity contribution >= 4 is 23.2 Å². The molecule has 1 spiro atoms. The van der Waals surface area contributed by atoms with Crippen LogP contribution in [0.25, 0.3) is 0 Å². The number of carbonyl (C=O) groups excluding carboxylic acids is 2. The molecule has 132 valence electrons. The summed E-state index contributed by atoms with van der Waals surface area (Å²) in [5.74, 6) is -0.0882. The summed E-state index contributed by atoms with van der Waals surface area (Å²) >= 11 is 1.52. The number of thiophene rings is 1. The minimum atomic E-state index is -1.07. The van der Waals surface area contributed by atoms with Gasteiger partial charge in [0.25, 0.3) is 5.91 Å². The maximum Gasteiger partial charge on any atom is 0.254 e. The second-order valence-corrected chi connectivity index (χ2v) is 7.87. The number of hydrogen-bond acceptors (Lipinski definition) is 5. The number of likely N-dealkylation sites (tertiary alicyclic amines) is 1. The van der Waals surface area contributed by atoms with Gasteiger partial charge in [-0.05, 0) is 37.6 Å². The Kier molecular flexibility index (Phi) is 4.68. The molecule has 0 saturated carbocycles. The molecule has 3 rings (SSSR count). The quantitative estimate of drug-likeness (QED) is 0.843. The summed E-state index contributed by atoms with van der Waals surface area (Å²) < 4.78 is 6.02. The number of piperidine rings is 1. The number of hydrogen-bond donors (Lipinski definition) is 2. The maximum atomic E-state index is 12.4. The van der Waals surface area contributed by atoms with E-state index in [4.69, 9.17) is 4.74 Å². The highest BCUT2D eigenvalue weighted by Gasteiger charge is 2.49. The fourth-order valence-corrected chi connectivity index (χ4v) is 4.17. The van der Waals surface area contributed by atoms with E-state index in [1.165, 1.54) is 18.3 Å². The molecule has 2 aliphatic heterocycles. The molecule has 0 aromatic carbocycles. The minimum absolute atomic E-state index is 0.0623. The largest absolute Gasteiger partial charge is 0.386 e. The van der Waals surface area contributed by atoms with E-state index < -0.39 is 5.60 Å². The molecule has 1 aromatic heterocycles. The lowest BCUT2D eigenvalue weighted by molar-refractivity contribution is -0.191. The van der Waals surface area contributed by atoms with Crippen molar-refractivity contribution in [3.8, 4) is 0 Å². The first kappa shape index (κ1) is 17.4. The van der Waals surface area contributed by atoms with E-state index in [0.717, 1.165) is 18.4 Å². The van der Waals surface area contributed by atoms with Gasteiger partial charge in [0.05, 0.1) is 23.8 Å². The molecule has 0 bridgehead atoms. The van der Waals surface area contributed by atoms with Gasteiger partial charge in [-0.3, -0.25) is 9.59 Å². The molecule has 1 aromatic rings. The van der Waals surface area contributed by atoms with Gasteiger partial charge in [-0.2, -0.15) is 11.3 Å². The zero-order valence-electron chi connectivity index (χ0n) is 14.1. The average molecular weight is 352 g/mol. The number of nitrogens with one attached hydrogen (secondary N) is 1. The number of amides is 2. The highest BCUT2D eigenvalue weighted by molar-refractivity contribution is 7.08. The molecule has 3 heterocycles. The molecule has 2 aliphatic rings. The van der Waals surface area contributed by atoms with E-state index in [0.29, 0.717) is 19.5 Å². The molecule has 2 atom stereocenters. The lowest BCUT2D eigenvalue weighted by Gasteiger charge is -2.50. The van der Waals surface area contributed by atoms with Crippen LogP contribution in [0.15, 0.2) is 16.8 Å². The minimum Gasteiger partial charge on any atom is -0.386 e. The van der Waals surface area contributed by atoms with Crippen molar-refractivity contribution in [3.05, 3.63) is 22.4 Å². The van der Waals surface area contributed by atoms with Gasteiger partial charge in [0.1, 0.15) is 5.60 Å². The molecule has 0 radical (unpaired) electrons. The van der Waals surface area contributed by atoms with Crippen molar-refractivity contribution in [2.45, 2.75) is 50.4 Å². The van der Waals surface area contributed by atoms with E-state index in [1.807, 2.05) is 21.7 Å². The summed E-state index contributed by atoms with van der Waals surface area (Å²) in [4.78, 5) is 25.7. The molecule has 2 amide bonds. The third-order valence-electron chi connectivity index (χ3n) is 5.10.